The summed E-state index contributed by atoms with van der Waals surface area (Å²) in [5, 5.41) is 0. The van der Waals surface area contributed by atoms with Crippen molar-refractivity contribution in [1.29, 1.82) is 0 Å². The van der Waals surface area contributed by atoms with E-state index in [1.54, 1.807) is 4.90 Å². The van der Waals surface area contributed by atoms with Crippen LogP contribution < -0.4 is 0 Å². The Morgan fingerprint density at radius 2 is 1.79 bits per heavy atom. The molecule has 3 nitrogen and oxygen atoms in total. The Kier molecular flexibility index (Phi) is 6.40. The zero-order valence-corrected chi connectivity index (χ0v) is 12.4. The molecule has 0 spiro atoms. The fraction of sp³-hybridized carbons (Fsp3) is 0.562. The molecule has 3 heteroatoms. The summed E-state index contributed by atoms with van der Waals surface area (Å²) in [6, 6.07) is 10.5. The van der Waals surface area contributed by atoms with E-state index in [0.29, 0.717) is 0 Å². The summed E-state index contributed by atoms with van der Waals surface area (Å²) in [5.74, 6) is 0. The molecule has 1 aromatic carbocycles. The second-order valence-corrected chi connectivity index (χ2v) is 5.31. The van der Waals surface area contributed by atoms with Gasteiger partial charge >= 0.3 is 6.09 Å². The maximum Gasteiger partial charge on any atom is 0.410 e. The fourth-order valence-corrected chi connectivity index (χ4v) is 1.93. The van der Waals surface area contributed by atoms with Crippen molar-refractivity contribution in [3.05, 3.63) is 35.9 Å². The molecule has 0 aliphatic rings. The highest BCUT2D eigenvalue weighted by Crippen LogP contribution is 2.08. The van der Waals surface area contributed by atoms with E-state index in [1.165, 1.54) is 5.56 Å². The highest BCUT2D eigenvalue weighted by Gasteiger charge is 2.18. The van der Waals surface area contributed by atoms with Crippen molar-refractivity contribution in [3.63, 3.8) is 0 Å². The van der Waals surface area contributed by atoms with Crippen LogP contribution in [0.25, 0.3) is 0 Å². The third-order valence-electron chi connectivity index (χ3n) is 2.90. The van der Waals surface area contributed by atoms with E-state index in [0.717, 1.165) is 19.4 Å². The molecule has 0 aliphatic heterocycles. The van der Waals surface area contributed by atoms with Gasteiger partial charge in [-0.3, -0.25) is 0 Å². The van der Waals surface area contributed by atoms with E-state index in [2.05, 4.69) is 12.1 Å². The maximum atomic E-state index is 11.9. The number of ether oxygens (including phenoxy) is 1. The van der Waals surface area contributed by atoms with Crippen molar-refractivity contribution in [1.82, 2.24) is 4.90 Å². The lowest BCUT2D eigenvalue weighted by Gasteiger charge is -2.27. The number of hydrogen-bond donors (Lipinski definition) is 0. The lowest BCUT2D eigenvalue weighted by atomic mass is 10.1. The molecular formula is C16H25NO2. The molecule has 0 N–H and O–H groups in total. The third-order valence-corrected chi connectivity index (χ3v) is 2.90. The average Bonchev–Trinajstić information content (AvgIpc) is 2.34. The van der Waals surface area contributed by atoms with Gasteiger partial charge in [-0.2, -0.15) is 0 Å². The SMILES string of the molecule is CC(C)OC(=O)N(CCCc1ccccc1)C(C)C. The second-order valence-electron chi connectivity index (χ2n) is 5.31. The lowest BCUT2D eigenvalue weighted by molar-refractivity contribution is 0.0675. The predicted molar refractivity (Wildman–Crippen MR) is 78.2 cm³/mol. The quantitative estimate of drug-likeness (QED) is 0.779. The van der Waals surface area contributed by atoms with E-state index < -0.39 is 0 Å². The van der Waals surface area contributed by atoms with Gasteiger partial charge in [0.15, 0.2) is 0 Å². The molecule has 0 fully saturated rings. The minimum Gasteiger partial charge on any atom is -0.447 e. The summed E-state index contributed by atoms with van der Waals surface area (Å²) < 4.78 is 5.26. The Morgan fingerprint density at radius 3 is 2.32 bits per heavy atom. The number of hydrogen-bond acceptors (Lipinski definition) is 2. The van der Waals surface area contributed by atoms with E-state index in [1.807, 2.05) is 45.9 Å². The van der Waals surface area contributed by atoms with Crippen LogP contribution in [0, 0.1) is 0 Å². The number of nitrogens with zero attached hydrogens (tertiary/aromatic N) is 1. The normalized spacial score (nSPS) is 10.8. The molecule has 0 aliphatic carbocycles. The molecule has 0 unspecified atom stereocenters. The van der Waals surface area contributed by atoms with Crippen molar-refractivity contribution >= 4 is 6.09 Å². The summed E-state index contributed by atoms with van der Waals surface area (Å²) in [5.41, 5.74) is 1.31. The Bertz CT molecular complexity index is 374. The summed E-state index contributed by atoms with van der Waals surface area (Å²) in [6.07, 6.45) is 1.66. The van der Waals surface area contributed by atoms with Gasteiger partial charge in [0.05, 0.1) is 6.10 Å². The van der Waals surface area contributed by atoms with Gasteiger partial charge in [-0.15, -0.1) is 0 Å². The van der Waals surface area contributed by atoms with Crippen LogP contribution in [0.15, 0.2) is 30.3 Å². The number of aryl methyl sites for hydroxylation is 1. The Hall–Kier alpha value is -1.51. The Balaban J connectivity index is 2.44. The Morgan fingerprint density at radius 1 is 1.16 bits per heavy atom. The van der Waals surface area contributed by atoms with E-state index in [4.69, 9.17) is 4.74 Å². The van der Waals surface area contributed by atoms with Crippen LogP contribution in [0.4, 0.5) is 4.79 Å². The molecule has 0 heterocycles. The number of rotatable bonds is 6. The fourth-order valence-electron chi connectivity index (χ4n) is 1.93. The van der Waals surface area contributed by atoms with Gasteiger partial charge in [0.25, 0.3) is 0 Å². The lowest BCUT2D eigenvalue weighted by Crippen LogP contribution is -2.39. The molecule has 0 saturated carbocycles. The van der Waals surface area contributed by atoms with Crippen LogP contribution in [0.1, 0.15) is 39.7 Å². The van der Waals surface area contributed by atoms with Gasteiger partial charge in [-0.1, -0.05) is 30.3 Å². The first-order chi connectivity index (χ1) is 9.00. The molecule has 0 saturated heterocycles. The summed E-state index contributed by atoms with van der Waals surface area (Å²) >= 11 is 0. The molecular weight excluding hydrogens is 238 g/mol. The van der Waals surface area contributed by atoms with Crippen molar-refractivity contribution < 1.29 is 9.53 Å². The molecule has 0 aromatic heterocycles. The van der Waals surface area contributed by atoms with E-state index in [9.17, 15) is 4.79 Å². The minimum absolute atomic E-state index is 0.0668. The molecule has 1 aromatic rings. The highest BCUT2D eigenvalue weighted by atomic mass is 16.6. The van der Waals surface area contributed by atoms with Crippen LogP contribution in [-0.2, 0) is 11.2 Å². The molecule has 1 rings (SSSR count). The van der Waals surface area contributed by atoms with Crippen molar-refractivity contribution in [2.75, 3.05) is 6.54 Å². The van der Waals surface area contributed by atoms with Gasteiger partial charge < -0.3 is 9.64 Å². The monoisotopic (exact) mass is 263 g/mol. The standard InChI is InChI=1S/C16H25NO2/c1-13(2)17(16(18)19-14(3)4)12-8-11-15-9-6-5-7-10-15/h5-7,9-10,13-14H,8,11-12H2,1-4H3. The molecule has 0 radical (unpaired) electrons. The molecule has 106 valence electrons. The smallest absolute Gasteiger partial charge is 0.410 e. The largest absolute Gasteiger partial charge is 0.447 e. The van der Waals surface area contributed by atoms with Crippen molar-refractivity contribution in [2.24, 2.45) is 0 Å². The van der Waals surface area contributed by atoms with Crippen LogP contribution >= 0.6 is 0 Å². The first kappa shape index (κ1) is 15.5. The number of amides is 1. The summed E-state index contributed by atoms with van der Waals surface area (Å²) in [4.78, 5) is 13.7. The Labute approximate surface area is 116 Å². The van der Waals surface area contributed by atoms with Gasteiger partial charge in [0.1, 0.15) is 0 Å². The summed E-state index contributed by atoms with van der Waals surface area (Å²) in [7, 11) is 0. The van der Waals surface area contributed by atoms with E-state index in [-0.39, 0.29) is 18.2 Å². The molecule has 19 heavy (non-hydrogen) atoms. The van der Waals surface area contributed by atoms with E-state index >= 15 is 0 Å². The maximum absolute atomic E-state index is 11.9. The van der Waals surface area contributed by atoms with Gasteiger partial charge in [0, 0.05) is 12.6 Å². The first-order valence-corrected chi connectivity index (χ1v) is 7.02. The third kappa shape index (κ3) is 5.77. The van der Waals surface area contributed by atoms with Crippen LogP contribution in [0.2, 0.25) is 0 Å². The van der Waals surface area contributed by atoms with Gasteiger partial charge in [-0.05, 0) is 46.1 Å². The number of carbonyl (C=O) groups is 1. The van der Waals surface area contributed by atoms with Gasteiger partial charge in [0.2, 0.25) is 0 Å². The van der Waals surface area contributed by atoms with Crippen molar-refractivity contribution in [3.8, 4) is 0 Å². The number of carbonyl (C=O) groups excluding carboxylic acids is 1. The average molecular weight is 263 g/mol. The molecule has 0 bridgehead atoms. The second kappa shape index (κ2) is 7.82. The first-order valence-electron chi connectivity index (χ1n) is 7.02. The van der Waals surface area contributed by atoms with Crippen LogP contribution in [-0.4, -0.2) is 29.7 Å². The summed E-state index contributed by atoms with van der Waals surface area (Å²) in [6.45, 7) is 8.52. The molecule has 1 amide bonds. The molecule has 0 atom stereocenters. The zero-order chi connectivity index (χ0) is 14.3. The van der Waals surface area contributed by atoms with Crippen LogP contribution in [0.5, 0.6) is 0 Å². The predicted octanol–water partition coefficient (Wildman–Crippen LogP) is 3.87. The van der Waals surface area contributed by atoms with Crippen molar-refractivity contribution in [2.45, 2.75) is 52.7 Å². The highest BCUT2D eigenvalue weighted by molar-refractivity contribution is 5.68. The minimum atomic E-state index is -0.210. The topological polar surface area (TPSA) is 29.5 Å². The van der Waals surface area contributed by atoms with Crippen LogP contribution in [0.3, 0.4) is 0 Å². The number of benzene rings is 1. The van der Waals surface area contributed by atoms with Gasteiger partial charge in [-0.25, -0.2) is 4.79 Å². The zero-order valence-electron chi connectivity index (χ0n) is 12.4.